The summed E-state index contributed by atoms with van der Waals surface area (Å²) in [6.45, 7) is 0. The third-order valence-electron chi connectivity index (χ3n) is 2.94. The molecule has 7 heteroatoms. The number of benzene rings is 2. The molecule has 21 heavy (non-hydrogen) atoms. The smallest absolute Gasteiger partial charge is 0.294 e. The zero-order chi connectivity index (χ0) is 15.6. The third kappa shape index (κ3) is 3.04. The van der Waals surface area contributed by atoms with E-state index < -0.39 is 10.1 Å². The number of hydrogen-bond acceptors (Lipinski definition) is 5. The summed E-state index contributed by atoms with van der Waals surface area (Å²) in [6, 6.07) is 8.01. The lowest BCUT2D eigenvalue weighted by molar-refractivity contribution is 0.112. The number of aldehydes is 1. The summed E-state index contributed by atoms with van der Waals surface area (Å²) in [5, 5.41) is 9.78. The number of aromatic hydroxyl groups is 1. The van der Waals surface area contributed by atoms with Crippen LogP contribution in [0.2, 0.25) is 0 Å². The first-order valence-corrected chi connectivity index (χ1v) is 7.25. The normalized spacial score (nSPS) is 11.1. The zero-order valence-electron chi connectivity index (χ0n) is 11.0. The lowest BCUT2D eigenvalue weighted by Gasteiger charge is -2.10. The van der Waals surface area contributed by atoms with Crippen LogP contribution in [0, 0.1) is 0 Å². The first-order valence-electron chi connectivity index (χ1n) is 5.81. The Kier molecular flexibility index (Phi) is 3.97. The van der Waals surface area contributed by atoms with Crippen LogP contribution in [0.4, 0.5) is 0 Å². The Bertz CT molecular complexity index is 778. The zero-order valence-corrected chi connectivity index (χ0v) is 11.8. The number of carbonyl (C=O) groups is 1. The van der Waals surface area contributed by atoms with Crippen LogP contribution in [0.15, 0.2) is 41.3 Å². The Balaban J connectivity index is 2.56. The molecule has 6 nitrogen and oxygen atoms in total. The highest BCUT2D eigenvalue weighted by molar-refractivity contribution is 7.85. The highest BCUT2D eigenvalue weighted by Gasteiger charge is 2.13. The van der Waals surface area contributed by atoms with Gasteiger partial charge in [0.15, 0.2) is 17.8 Å². The van der Waals surface area contributed by atoms with Crippen molar-refractivity contribution in [3.05, 3.63) is 42.0 Å². The van der Waals surface area contributed by atoms with E-state index in [1.807, 2.05) is 0 Å². The molecular formula is C14H12O6S. The molecule has 2 aromatic carbocycles. The van der Waals surface area contributed by atoms with E-state index in [2.05, 4.69) is 0 Å². The Morgan fingerprint density at radius 3 is 2.24 bits per heavy atom. The second-order valence-electron chi connectivity index (χ2n) is 4.23. The van der Waals surface area contributed by atoms with Crippen LogP contribution in [0.1, 0.15) is 10.4 Å². The number of ether oxygens (including phenoxy) is 1. The fourth-order valence-electron chi connectivity index (χ4n) is 1.90. The summed E-state index contributed by atoms with van der Waals surface area (Å²) >= 11 is 0. The molecule has 2 N–H and O–H groups in total. The molecule has 0 saturated heterocycles. The number of phenolic OH excluding ortho intramolecular Hbond substituents is 1. The van der Waals surface area contributed by atoms with Crippen LogP contribution in [-0.4, -0.2) is 31.5 Å². The molecule has 0 fully saturated rings. The van der Waals surface area contributed by atoms with E-state index in [1.54, 1.807) is 0 Å². The van der Waals surface area contributed by atoms with Crippen LogP contribution < -0.4 is 4.74 Å². The Labute approximate surface area is 121 Å². The largest absolute Gasteiger partial charge is 0.504 e. The molecule has 0 aliphatic heterocycles. The fourth-order valence-corrected chi connectivity index (χ4v) is 2.38. The minimum atomic E-state index is -4.28. The van der Waals surface area contributed by atoms with Gasteiger partial charge in [-0.1, -0.05) is 12.1 Å². The van der Waals surface area contributed by atoms with Gasteiger partial charge in [0.2, 0.25) is 0 Å². The summed E-state index contributed by atoms with van der Waals surface area (Å²) in [4.78, 5) is 10.9. The van der Waals surface area contributed by atoms with Crippen molar-refractivity contribution < 1.29 is 27.6 Å². The number of carbonyl (C=O) groups excluding carboxylic acids is 1. The fraction of sp³-hybridized carbons (Fsp3) is 0.0714. The molecule has 0 unspecified atom stereocenters. The summed E-state index contributed by atoms with van der Waals surface area (Å²) in [5.74, 6) is 0.0207. The van der Waals surface area contributed by atoms with Gasteiger partial charge in [-0.3, -0.25) is 9.35 Å². The predicted octanol–water partition coefficient (Wildman–Crippen LogP) is 2.13. The maximum Gasteiger partial charge on any atom is 0.294 e. The van der Waals surface area contributed by atoms with Crippen molar-refractivity contribution in [2.24, 2.45) is 0 Å². The van der Waals surface area contributed by atoms with Gasteiger partial charge in [-0.25, -0.2) is 0 Å². The first kappa shape index (κ1) is 15.0. The summed E-state index contributed by atoms with van der Waals surface area (Å²) in [5.41, 5.74) is 1.22. The molecule has 110 valence electrons. The molecule has 0 aliphatic carbocycles. The molecule has 2 rings (SSSR count). The highest BCUT2D eigenvalue weighted by atomic mass is 32.2. The molecule has 0 amide bonds. The van der Waals surface area contributed by atoms with Gasteiger partial charge in [0.05, 0.1) is 12.0 Å². The van der Waals surface area contributed by atoms with Crippen molar-refractivity contribution in [3.63, 3.8) is 0 Å². The molecule has 0 bridgehead atoms. The Morgan fingerprint density at radius 1 is 1.14 bits per heavy atom. The number of phenols is 1. The van der Waals surface area contributed by atoms with Gasteiger partial charge in [0, 0.05) is 5.56 Å². The van der Waals surface area contributed by atoms with E-state index in [0.29, 0.717) is 17.4 Å². The monoisotopic (exact) mass is 308 g/mol. The lowest BCUT2D eigenvalue weighted by atomic mass is 9.99. The number of hydrogen-bond donors (Lipinski definition) is 2. The summed E-state index contributed by atoms with van der Waals surface area (Å²) in [6.07, 6.45) is 0.605. The molecule has 0 heterocycles. The standard InChI is InChI=1S/C14H12O6S/c1-20-14-6-10(8-15)12(7-13(14)16)9-2-4-11(5-3-9)21(17,18)19/h2-8,16H,1H3,(H,17,18,19). The third-order valence-corrected chi connectivity index (χ3v) is 3.81. The Hall–Kier alpha value is -2.38. The van der Waals surface area contributed by atoms with Crippen molar-refractivity contribution in [1.82, 2.24) is 0 Å². The van der Waals surface area contributed by atoms with Gasteiger partial charge in [-0.05, 0) is 35.4 Å². The van der Waals surface area contributed by atoms with Gasteiger partial charge in [-0.15, -0.1) is 0 Å². The number of methoxy groups -OCH3 is 1. The van der Waals surface area contributed by atoms with Gasteiger partial charge in [-0.2, -0.15) is 8.42 Å². The maximum atomic E-state index is 11.1. The predicted molar refractivity (Wildman–Crippen MR) is 75.3 cm³/mol. The minimum absolute atomic E-state index is 0.142. The van der Waals surface area contributed by atoms with E-state index in [4.69, 9.17) is 9.29 Å². The molecule has 0 saturated carbocycles. The SMILES string of the molecule is COc1cc(C=O)c(-c2ccc(S(=O)(=O)O)cc2)cc1O. The maximum absolute atomic E-state index is 11.1. The van der Waals surface area contributed by atoms with Crippen LogP contribution in [0.25, 0.3) is 11.1 Å². The molecule has 0 spiro atoms. The summed E-state index contributed by atoms with van der Waals surface area (Å²) in [7, 11) is -2.91. The van der Waals surface area contributed by atoms with Crippen LogP contribution in [0.5, 0.6) is 11.5 Å². The van der Waals surface area contributed by atoms with Crippen molar-refractivity contribution in [3.8, 4) is 22.6 Å². The van der Waals surface area contributed by atoms with E-state index >= 15 is 0 Å². The molecule has 0 radical (unpaired) electrons. The highest BCUT2D eigenvalue weighted by Crippen LogP contribution is 2.34. The average Bonchev–Trinajstić information content (AvgIpc) is 2.46. The molecule has 0 aliphatic rings. The van der Waals surface area contributed by atoms with Crippen LogP contribution in [0.3, 0.4) is 0 Å². The van der Waals surface area contributed by atoms with Crippen molar-refractivity contribution >= 4 is 16.4 Å². The van der Waals surface area contributed by atoms with E-state index in [1.165, 1.54) is 43.5 Å². The van der Waals surface area contributed by atoms with Crippen LogP contribution in [-0.2, 0) is 10.1 Å². The first-order chi connectivity index (χ1) is 9.86. The van der Waals surface area contributed by atoms with Gasteiger partial charge >= 0.3 is 0 Å². The van der Waals surface area contributed by atoms with Gasteiger partial charge in [0.1, 0.15) is 0 Å². The van der Waals surface area contributed by atoms with Crippen molar-refractivity contribution in [2.75, 3.05) is 7.11 Å². The number of rotatable bonds is 4. The average molecular weight is 308 g/mol. The van der Waals surface area contributed by atoms with E-state index in [9.17, 15) is 18.3 Å². The van der Waals surface area contributed by atoms with Crippen LogP contribution >= 0.6 is 0 Å². The topological polar surface area (TPSA) is 101 Å². The lowest BCUT2D eigenvalue weighted by Crippen LogP contribution is -1.97. The molecule has 2 aromatic rings. The van der Waals surface area contributed by atoms with E-state index in [0.717, 1.165) is 0 Å². The van der Waals surface area contributed by atoms with Crippen molar-refractivity contribution in [2.45, 2.75) is 4.90 Å². The summed E-state index contributed by atoms with van der Waals surface area (Å²) < 4.78 is 35.8. The Morgan fingerprint density at radius 2 is 1.76 bits per heavy atom. The second-order valence-corrected chi connectivity index (χ2v) is 5.65. The van der Waals surface area contributed by atoms with E-state index in [-0.39, 0.29) is 22.0 Å². The molecule has 0 aromatic heterocycles. The quantitative estimate of drug-likeness (QED) is 0.663. The van der Waals surface area contributed by atoms with Crippen molar-refractivity contribution in [1.29, 1.82) is 0 Å². The molecular weight excluding hydrogens is 296 g/mol. The second kappa shape index (κ2) is 5.55. The van der Waals surface area contributed by atoms with Gasteiger partial charge in [0.25, 0.3) is 10.1 Å². The minimum Gasteiger partial charge on any atom is -0.504 e. The van der Waals surface area contributed by atoms with Gasteiger partial charge < -0.3 is 9.84 Å². The molecule has 0 atom stereocenters.